The van der Waals surface area contributed by atoms with Crippen LogP contribution in [0.2, 0.25) is 0 Å². The van der Waals surface area contributed by atoms with Crippen LogP contribution in [0.3, 0.4) is 0 Å². The number of ether oxygens (including phenoxy) is 1. The second-order valence-electron chi connectivity index (χ2n) is 7.75. The molecule has 0 radical (unpaired) electrons. The molecule has 2 aromatic heterocycles. The molecule has 4 aromatic rings. The second-order valence-corrected chi connectivity index (χ2v) is 8.69. The number of ketones is 1. The van der Waals surface area contributed by atoms with E-state index >= 15 is 0 Å². The number of nitrogen functional groups attached to an aromatic ring is 1. The summed E-state index contributed by atoms with van der Waals surface area (Å²) >= 11 is 1.21. The Bertz CT molecular complexity index is 1480. The maximum atomic E-state index is 13.0. The first-order valence-corrected chi connectivity index (χ1v) is 11.4. The van der Waals surface area contributed by atoms with Gasteiger partial charge in [-0.15, -0.1) is 0 Å². The van der Waals surface area contributed by atoms with Crippen LogP contribution >= 0.6 is 11.8 Å². The third kappa shape index (κ3) is 3.82. The number of thioether (sulfide) groups is 1. The van der Waals surface area contributed by atoms with Crippen molar-refractivity contribution >= 4 is 34.4 Å². The first-order chi connectivity index (χ1) is 16.0. The number of anilines is 1. The van der Waals surface area contributed by atoms with Crippen LogP contribution < -0.4 is 21.7 Å². The number of carbonyl (C=O) groups is 1. The molecule has 168 valence electrons. The average molecular weight is 464 g/mol. The lowest BCUT2D eigenvalue weighted by Crippen LogP contribution is -2.36. The second kappa shape index (κ2) is 8.28. The van der Waals surface area contributed by atoms with Crippen LogP contribution in [0.4, 0.5) is 5.82 Å². The number of nitrogens with zero attached hydrogens (tertiary/aromatic N) is 3. The topological polar surface area (TPSA) is 125 Å². The molecule has 2 aromatic carbocycles. The maximum absolute atomic E-state index is 13.0. The molecular formula is C23H21N5O4S. The van der Waals surface area contributed by atoms with E-state index in [1.807, 2.05) is 53.1 Å². The molecule has 9 nitrogen and oxygen atoms in total. The summed E-state index contributed by atoms with van der Waals surface area (Å²) in [7, 11) is 1.61. The van der Waals surface area contributed by atoms with E-state index in [0.29, 0.717) is 5.16 Å². The highest BCUT2D eigenvalue weighted by Crippen LogP contribution is 2.35. The van der Waals surface area contributed by atoms with E-state index in [9.17, 15) is 14.4 Å². The Labute approximate surface area is 192 Å². The number of aromatic nitrogens is 4. The molecule has 0 atom stereocenters. The van der Waals surface area contributed by atoms with Crippen molar-refractivity contribution in [3.8, 4) is 11.4 Å². The molecule has 2 heterocycles. The maximum Gasteiger partial charge on any atom is 0.330 e. The fourth-order valence-corrected chi connectivity index (χ4v) is 4.71. The van der Waals surface area contributed by atoms with Gasteiger partial charge in [-0.2, -0.15) is 0 Å². The van der Waals surface area contributed by atoms with Gasteiger partial charge in [0.15, 0.2) is 10.9 Å². The standard InChI is InChI=1S/C23H21N5O4S/c1-32-15-10-8-13(9-11-15)27-17-5-3-2-4-16(17)25-23(27)33-12-18(29)19-20(24)28(14-6-7-14)22(31)26-21(19)30/h2-5,8-11,14H,6-7,12,24H2,1H3,(H,26,30,31). The minimum absolute atomic E-state index is 0.0599. The monoisotopic (exact) mass is 463 g/mol. The predicted molar refractivity (Wildman–Crippen MR) is 127 cm³/mol. The van der Waals surface area contributed by atoms with Crippen LogP contribution in [0.25, 0.3) is 16.7 Å². The third-order valence-corrected chi connectivity index (χ3v) is 6.50. The van der Waals surface area contributed by atoms with Crippen molar-refractivity contribution in [2.75, 3.05) is 18.6 Å². The van der Waals surface area contributed by atoms with Gasteiger partial charge in [0.2, 0.25) is 0 Å². The molecule has 3 N–H and O–H groups in total. The van der Waals surface area contributed by atoms with E-state index in [0.717, 1.165) is 35.3 Å². The first kappa shape index (κ1) is 21.1. The average Bonchev–Trinajstić information content (AvgIpc) is 3.56. The number of H-pyrrole nitrogens is 1. The van der Waals surface area contributed by atoms with E-state index < -0.39 is 17.0 Å². The summed E-state index contributed by atoms with van der Waals surface area (Å²) < 4.78 is 8.51. The Kier molecular flexibility index (Phi) is 5.29. The molecule has 0 bridgehead atoms. The number of nitrogens with two attached hydrogens (primary N) is 1. The Morgan fingerprint density at radius 3 is 2.61 bits per heavy atom. The van der Waals surface area contributed by atoms with Crippen LogP contribution in [0, 0.1) is 0 Å². The van der Waals surface area contributed by atoms with Crippen molar-refractivity contribution in [3.05, 3.63) is 74.9 Å². The zero-order chi connectivity index (χ0) is 23.1. The first-order valence-electron chi connectivity index (χ1n) is 10.4. The van der Waals surface area contributed by atoms with Gasteiger partial charge in [0, 0.05) is 11.7 Å². The number of fused-ring (bicyclic) bond motifs is 1. The molecular weight excluding hydrogens is 442 g/mol. The summed E-state index contributed by atoms with van der Waals surface area (Å²) in [5.74, 6) is 0.144. The zero-order valence-corrected chi connectivity index (χ0v) is 18.6. The Morgan fingerprint density at radius 1 is 1.18 bits per heavy atom. The number of Topliss-reactive ketones (excluding diaryl/α,β-unsaturated/α-hetero) is 1. The van der Waals surface area contributed by atoms with Crippen molar-refractivity contribution in [2.45, 2.75) is 24.0 Å². The van der Waals surface area contributed by atoms with Gasteiger partial charge in [0.25, 0.3) is 5.56 Å². The van der Waals surface area contributed by atoms with E-state index in [1.54, 1.807) is 7.11 Å². The van der Waals surface area contributed by atoms with Crippen LogP contribution in [-0.4, -0.2) is 37.7 Å². The van der Waals surface area contributed by atoms with Gasteiger partial charge in [-0.3, -0.25) is 23.7 Å². The van der Waals surface area contributed by atoms with E-state index in [1.165, 1.54) is 16.3 Å². The molecule has 1 fully saturated rings. The highest BCUT2D eigenvalue weighted by atomic mass is 32.2. The lowest BCUT2D eigenvalue weighted by molar-refractivity contribution is 0.102. The molecule has 0 aliphatic heterocycles. The SMILES string of the molecule is COc1ccc(-n2c(SCC(=O)c3c(N)n(C4CC4)c(=O)[nH]c3=O)nc3ccccc32)cc1. The molecule has 10 heteroatoms. The number of rotatable bonds is 7. The fraction of sp³-hybridized carbons (Fsp3) is 0.217. The summed E-state index contributed by atoms with van der Waals surface area (Å²) in [6.45, 7) is 0. The summed E-state index contributed by atoms with van der Waals surface area (Å²) in [5, 5.41) is 0.597. The molecule has 0 spiro atoms. The van der Waals surface area contributed by atoms with Gasteiger partial charge >= 0.3 is 5.69 Å². The van der Waals surface area contributed by atoms with Gasteiger partial charge in [0.05, 0.1) is 23.9 Å². The van der Waals surface area contributed by atoms with Gasteiger partial charge in [0.1, 0.15) is 17.1 Å². The van der Waals surface area contributed by atoms with Gasteiger partial charge in [-0.05, 0) is 49.2 Å². The quantitative estimate of drug-likeness (QED) is 0.319. The Hall–Kier alpha value is -3.79. The van der Waals surface area contributed by atoms with E-state index in [4.69, 9.17) is 10.5 Å². The highest BCUT2D eigenvalue weighted by molar-refractivity contribution is 7.99. The van der Waals surface area contributed by atoms with Crippen LogP contribution in [0.1, 0.15) is 29.2 Å². The van der Waals surface area contributed by atoms with Crippen molar-refractivity contribution in [2.24, 2.45) is 0 Å². The molecule has 1 saturated carbocycles. The van der Waals surface area contributed by atoms with Crippen molar-refractivity contribution < 1.29 is 9.53 Å². The number of carbonyl (C=O) groups excluding carboxylic acids is 1. The smallest absolute Gasteiger partial charge is 0.330 e. The third-order valence-electron chi connectivity index (χ3n) is 5.57. The predicted octanol–water partition coefficient (Wildman–Crippen LogP) is 2.78. The summed E-state index contributed by atoms with van der Waals surface area (Å²) in [6, 6.07) is 15.1. The van der Waals surface area contributed by atoms with E-state index in [2.05, 4.69) is 9.97 Å². The van der Waals surface area contributed by atoms with Gasteiger partial charge < -0.3 is 10.5 Å². The molecule has 0 amide bonds. The Balaban J connectivity index is 1.49. The molecule has 0 saturated heterocycles. The highest BCUT2D eigenvalue weighted by Gasteiger charge is 2.30. The Morgan fingerprint density at radius 2 is 1.91 bits per heavy atom. The van der Waals surface area contributed by atoms with E-state index in [-0.39, 0.29) is 23.2 Å². The zero-order valence-electron chi connectivity index (χ0n) is 17.8. The van der Waals surface area contributed by atoms with Crippen molar-refractivity contribution in [1.29, 1.82) is 0 Å². The number of hydrogen-bond acceptors (Lipinski definition) is 7. The molecule has 0 unspecified atom stereocenters. The number of aromatic amines is 1. The summed E-state index contributed by atoms with van der Waals surface area (Å²) in [4.78, 5) is 44.5. The molecule has 1 aliphatic carbocycles. The van der Waals surface area contributed by atoms with Crippen LogP contribution in [0.15, 0.2) is 63.3 Å². The lowest BCUT2D eigenvalue weighted by atomic mass is 10.2. The summed E-state index contributed by atoms with van der Waals surface area (Å²) in [6.07, 6.45) is 1.59. The van der Waals surface area contributed by atoms with Crippen LogP contribution in [0.5, 0.6) is 5.75 Å². The molecule has 33 heavy (non-hydrogen) atoms. The minimum Gasteiger partial charge on any atom is -0.497 e. The number of methoxy groups -OCH3 is 1. The number of nitrogens with one attached hydrogen (secondary N) is 1. The van der Waals surface area contributed by atoms with Crippen LogP contribution in [-0.2, 0) is 0 Å². The number of imidazole rings is 1. The number of hydrogen-bond donors (Lipinski definition) is 2. The minimum atomic E-state index is -0.761. The number of benzene rings is 2. The molecule has 5 rings (SSSR count). The normalized spacial score (nSPS) is 13.4. The van der Waals surface area contributed by atoms with Gasteiger partial charge in [-0.25, -0.2) is 9.78 Å². The fourth-order valence-electron chi connectivity index (χ4n) is 3.81. The molecule has 1 aliphatic rings. The van der Waals surface area contributed by atoms with Gasteiger partial charge in [-0.1, -0.05) is 23.9 Å². The lowest BCUT2D eigenvalue weighted by Gasteiger charge is -2.12. The van der Waals surface area contributed by atoms with Crippen molar-refractivity contribution in [3.63, 3.8) is 0 Å². The number of para-hydroxylation sites is 2. The van der Waals surface area contributed by atoms with Crippen molar-refractivity contribution in [1.82, 2.24) is 19.1 Å². The summed E-state index contributed by atoms with van der Waals surface area (Å²) in [5.41, 5.74) is 7.09. The largest absolute Gasteiger partial charge is 0.497 e.